The smallest absolute Gasteiger partial charge is 0.107 e. The molecular formula is C8H8N2O2. The van der Waals surface area contributed by atoms with Crippen LogP contribution in [0.2, 0.25) is 0 Å². The molecule has 12 heavy (non-hydrogen) atoms. The van der Waals surface area contributed by atoms with Crippen molar-refractivity contribution in [3.63, 3.8) is 0 Å². The fourth-order valence-corrected chi connectivity index (χ4v) is 0.536. The molecule has 4 heteroatoms. The lowest BCUT2D eigenvalue weighted by molar-refractivity contribution is 0.330. The Balaban J connectivity index is 4.75. The summed E-state index contributed by atoms with van der Waals surface area (Å²) >= 11 is 0. The van der Waals surface area contributed by atoms with Gasteiger partial charge in [-0.15, -0.1) is 0 Å². The van der Waals surface area contributed by atoms with E-state index in [9.17, 15) is 0 Å². The molecule has 0 radical (unpaired) electrons. The van der Waals surface area contributed by atoms with Crippen LogP contribution in [0.15, 0.2) is 23.7 Å². The van der Waals surface area contributed by atoms with Gasteiger partial charge in [-0.25, -0.2) is 0 Å². The van der Waals surface area contributed by atoms with Gasteiger partial charge in [-0.3, -0.25) is 0 Å². The van der Waals surface area contributed by atoms with E-state index in [1.165, 1.54) is 26.7 Å². The molecule has 0 aliphatic heterocycles. The molecule has 0 aliphatic carbocycles. The van der Waals surface area contributed by atoms with Crippen LogP contribution in [0.1, 0.15) is 0 Å². The number of allylic oxidation sites excluding steroid dienone is 2. The molecule has 0 unspecified atom stereocenters. The van der Waals surface area contributed by atoms with Crippen molar-refractivity contribution in [1.82, 2.24) is 0 Å². The van der Waals surface area contributed by atoms with Gasteiger partial charge in [0.15, 0.2) is 0 Å². The van der Waals surface area contributed by atoms with Crippen LogP contribution in [-0.2, 0) is 9.47 Å². The van der Waals surface area contributed by atoms with Gasteiger partial charge in [0, 0.05) is 0 Å². The molecule has 0 saturated carbocycles. The van der Waals surface area contributed by atoms with Crippen molar-refractivity contribution in [2.24, 2.45) is 0 Å². The highest BCUT2D eigenvalue weighted by Gasteiger charge is 2.03. The van der Waals surface area contributed by atoms with Crippen LogP contribution in [0.25, 0.3) is 0 Å². The quantitative estimate of drug-likeness (QED) is 0.356. The molecule has 0 amide bonds. The van der Waals surface area contributed by atoms with Gasteiger partial charge < -0.3 is 9.47 Å². The molecule has 0 fully saturated rings. The van der Waals surface area contributed by atoms with Crippen LogP contribution in [0.4, 0.5) is 0 Å². The third-order valence-corrected chi connectivity index (χ3v) is 1.00. The van der Waals surface area contributed by atoms with Gasteiger partial charge in [0.25, 0.3) is 0 Å². The van der Waals surface area contributed by atoms with Crippen LogP contribution >= 0.6 is 0 Å². The third kappa shape index (κ3) is 2.76. The number of nitrogens with zero attached hydrogens (tertiary/aromatic N) is 2. The van der Waals surface area contributed by atoms with Gasteiger partial charge in [0.2, 0.25) is 0 Å². The van der Waals surface area contributed by atoms with Crippen molar-refractivity contribution in [3.8, 4) is 12.1 Å². The van der Waals surface area contributed by atoms with Crippen molar-refractivity contribution in [3.05, 3.63) is 23.7 Å². The second-order valence-electron chi connectivity index (χ2n) is 1.76. The summed E-state index contributed by atoms with van der Waals surface area (Å²) < 4.78 is 9.18. The highest BCUT2D eigenvalue weighted by molar-refractivity contribution is 5.48. The Hall–Kier alpha value is -1.94. The molecule has 0 heterocycles. The molecule has 0 aromatic rings. The van der Waals surface area contributed by atoms with Crippen LogP contribution in [0, 0.1) is 22.7 Å². The minimum Gasteiger partial charge on any atom is -0.503 e. The van der Waals surface area contributed by atoms with Gasteiger partial charge in [0.1, 0.15) is 35.8 Å². The Bertz CT molecular complexity index is 248. The van der Waals surface area contributed by atoms with Crippen LogP contribution in [0.5, 0.6) is 0 Å². The SMILES string of the molecule is CO/C=C(C#N)/C(C#N)=C/OC. The van der Waals surface area contributed by atoms with Crippen molar-refractivity contribution < 1.29 is 9.47 Å². The maximum atomic E-state index is 8.54. The van der Waals surface area contributed by atoms with Crippen molar-refractivity contribution in [1.29, 1.82) is 10.5 Å². The molecule has 0 bridgehead atoms. The highest BCUT2D eigenvalue weighted by atomic mass is 16.5. The number of methoxy groups -OCH3 is 2. The lowest BCUT2D eigenvalue weighted by Crippen LogP contribution is -1.86. The van der Waals surface area contributed by atoms with Crippen molar-refractivity contribution in [2.45, 2.75) is 0 Å². The summed E-state index contributed by atoms with van der Waals surface area (Å²) in [7, 11) is 2.80. The number of nitriles is 2. The largest absolute Gasteiger partial charge is 0.503 e. The Morgan fingerprint density at radius 2 is 1.33 bits per heavy atom. The Labute approximate surface area is 70.9 Å². The fraction of sp³-hybridized carbons (Fsp3) is 0.250. The minimum absolute atomic E-state index is 0.141. The second-order valence-corrected chi connectivity index (χ2v) is 1.76. The average Bonchev–Trinajstić information content (AvgIpc) is 2.11. The number of hydrogen-bond donors (Lipinski definition) is 0. The van der Waals surface area contributed by atoms with Crippen LogP contribution in [-0.4, -0.2) is 14.2 Å². The van der Waals surface area contributed by atoms with E-state index < -0.39 is 0 Å². The normalized spacial score (nSPS) is 11.3. The molecule has 62 valence electrons. The average molecular weight is 164 g/mol. The first-order valence-corrected chi connectivity index (χ1v) is 3.06. The standard InChI is InChI=1S/C8H8N2O2/c1-11-5-7(3-9)8(4-10)6-12-2/h5-6H,1-2H3/b7-5+,8-6+. The zero-order valence-electron chi connectivity index (χ0n) is 6.87. The minimum atomic E-state index is 0.141. The Morgan fingerprint density at radius 1 is 1.00 bits per heavy atom. The van der Waals surface area contributed by atoms with E-state index in [0.717, 1.165) is 0 Å². The van der Waals surface area contributed by atoms with Gasteiger partial charge in [0.05, 0.1) is 14.2 Å². The van der Waals surface area contributed by atoms with Crippen molar-refractivity contribution >= 4 is 0 Å². The first-order chi connectivity index (χ1) is 5.79. The molecule has 0 N–H and O–H groups in total. The number of hydrogen-bond acceptors (Lipinski definition) is 4. The zero-order valence-corrected chi connectivity index (χ0v) is 6.87. The lowest BCUT2D eigenvalue weighted by atomic mass is 10.2. The number of rotatable bonds is 3. The second kappa shape index (κ2) is 5.82. The van der Waals surface area contributed by atoms with Crippen molar-refractivity contribution in [2.75, 3.05) is 14.2 Å². The summed E-state index contributed by atoms with van der Waals surface area (Å²) in [5.41, 5.74) is 0.281. The summed E-state index contributed by atoms with van der Waals surface area (Å²) in [5.74, 6) is 0. The predicted molar refractivity (Wildman–Crippen MR) is 41.4 cm³/mol. The number of ether oxygens (including phenoxy) is 2. The van der Waals surface area contributed by atoms with E-state index in [4.69, 9.17) is 10.5 Å². The molecule has 0 aliphatic rings. The molecule has 4 nitrogen and oxygen atoms in total. The molecule has 0 aromatic carbocycles. The van der Waals surface area contributed by atoms with E-state index in [2.05, 4.69) is 9.47 Å². The van der Waals surface area contributed by atoms with Gasteiger partial charge >= 0.3 is 0 Å². The van der Waals surface area contributed by atoms with Crippen LogP contribution in [0.3, 0.4) is 0 Å². The topological polar surface area (TPSA) is 66.0 Å². The lowest BCUT2D eigenvalue weighted by Gasteiger charge is -1.94. The maximum absolute atomic E-state index is 8.54. The first kappa shape index (κ1) is 10.1. The van der Waals surface area contributed by atoms with Gasteiger partial charge in [-0.1, -0.05) is 0 Å². The summed E-state index contributed by atoms with van der Waals surface area (Å²) in [6, 6.07) is 3.61. The first-order valence-electron chi connectivity index (χ1n) is 3.06. The summed E-state index contributed by atoms with van der Waals surface area (Å²) in [6.45, 7) is 0. The van der Waals surface area contributed by atoms with E-state index >= 15 is 0 Å². The Kier molecular flexibility index (Phi) is 4.88. The summed E-state index contributed by atoms with van der Waals surface area (Å²) in [6.07, 6.45) is 2.38. The van der Waals surface area contributed by atoms with Gasteiger partial charge in [-0.05, 0) is 0 Å². The fourth-order valence-electron chi connectivity index (χ4n) is 0.536. The van der Waals surface area contributed by atoms with Gasteiger partial charge in [-0.2, -0.15) is 10.5 Å². The predicted octanol–water partition coefficient (Wildman–Crippen LogP) is 1.09. The van der Waals surface area contributed by atoms with E-state index in [1.807, 2.05) is 0 Å². The van der Waals surface area contributed by atoms with E-state index in [1.54, 1.807) is 12.1 Å². The molecule has 0 saturated heterocycles. The monoisotopic (exact) mass is 164 g/mol. The summed E-state index contributed by atoms with van der Waals surface area (Å²) in [4.78, 5) is 0. The molecule has 0 atom stereocenters. The molecule has 0 spiro atoms. The maximum Gasteiger partial charge on any atom is 0.107 e. The van der Waals surface area contributed by atoms with E-state index in [-0.39, 0.29) is 11.1 Å². The summed E-state index contributed by atoms with van der Waals surface area (Å²) in [5, 5.41) is 17.1. The highest BCUT2D eigenvalue weighted by Crippen LogP contribution is 2.07. The molecule has 0 aromatic heterocycles. The third-order valence-electron chi connectivity index (χ3n) is 1.00. The van der Waals surface area contributed by atoms with E-state index in [0.29, 0.717) is 0 Å². The van der Waals surface area contributed by atoms with Crippen LogP contribution < -0.4 is 0 Å². The molecular weight excluding hydrogens is 156 g/mol. The zero-order chi connectivity index (χ0) is 9.40. The molecule has 0 rings (SSSR count). The Morgan fingerprint density at radius 3 is 1.50 bits per heavy atom.